The first-order valence-electron chi connectivity index (χ1n) is 9.27. The molecular weight excluding hydrogens is 356 g/mol. The number of furan rings is 2. The van der Waals surface area contributed by atoms with Gasteiger partial charge in [-0.05, 0) is 49.2 Å². The van der Waals surface area contributed by atoms with E-state index in [1.54, 1.807) is 35.4 Å². The van der Waals surface area contributed by atoms with E-state index in [-0.39, 0.29) is 17.5 Å². The molecule has 0 radical (unpaired) electrons. The summed E-state index contributed by atoms with van der Waals surface area (Å²) in [7, 11) is 0. The molecule has 1 aliphatic carbocycles. The Morgan fingerprint density at radius 2 is 1.82 bits per heavy atom. The second-order valence-electron chi connectivity index (χ2n) is 6.88. The van der Waals surface area contributed by atoms with Crippen molar-refractivity contribution < 1.29 is 18.4 Å². The van der Waals surface area contributed by atoms with Gasteiger partial charge in [0.2, 0.25) is 0 Å². The van der Waals surface area contributed by atoms with E-state index in [1.807, 2.05) is 24.3 Å². The van der Waals surface area contributed by atoms with Crippen LogP contribution in [0.5, 0.6) is 0 Å². The zero-order valence-electron chi connectivity index (χ0n) is 15.1. The summed E-state index contributed by atoms with van der Waals surface area (Å²) in [5, 5.41) is 3.41. The van der Waals surface area contributed by atoms with Gasteiger partial charge in [-0.1, -0.05) is 12.1 Å². The summed E-state index contributed by atoms with van der Waals surface area (Å²) >= 11 is 0. The summed E-state index contributed by atoms with van der Waals surface area (Å²) in [4.78, 5) is 28.1. The summed E-state index contributed by atoms with van der Waals surface area (Å²) in [5.41, 5.74) is 2.88. The number of anilines is 2. The normalized spacial score (nSPS) is 18.9. The third kappa shape index (κ3) is 2.57. The number of carbonyl (C=O) groups is 2. The molecule has 0 bridgehead atoms. The molecule has 6 nitrogen and oxygen atoms in total. The predicted octanol–water partition coefficient (Wildman–Crippen LogP) is 4.69. The van der Waals surface area contributed by atoms with E-state index < -0.39 is 6.04 Å². The van der Waals surface area contributed by atoms with Gasteiger partial charge in [-0.15, -0.1) is 0 Å². The minimum atomic E-state index is -0.661. The van der Waals surface area contributed by atoms with E-state index >= 15 is 0 Å². The van der Waals surface area contributed by atoms with E-state index in [1.165, 1.54) is 6.26 Å². The molecule has 1 aliphatic heterocycles. The molecule has 0 fully saturated rings. The maximum Gasteiger partial charge on any atom is 0.294 e. The van der Waals surface area contributed by atoms with Gasteiger partial charge in [0.1, 0.15) is 11.8 Å². The number of benzene rings is 1. The van der Waals surface area contributed by atoms with Crippen molar-refractivity contribution in [3.63, 3.8) is 0 Å². The number of hydrogen-bond acceptors (Lipinski definition) is 5. The standard InChI is InChI=1S/C22H18N2O4/c25-17-9-3-7-15-20(17)21(18-10-4-12-27-18)24(22(26)19-11-5-13-28-19)16-8-2-1-6-14(16)23-15/h1-2,4-6,8,10-13,21,23H,3,7,9H2/t21-/m0/s1. The van der Waals surface area contributed by atoms with Crippen LogP contribution in [0.15, 0.2) is 81.2 Å². The van der Waals surface area contributed by atoms with Gasteiger partial charge in [-0.2, -0.15) is 0 Å². The fourth-order valence-electron chi connectivity index (χ4n) is 3.99. The van der Waals surface area contributed by atoms with E-state index in [0.717, 1.165) is 24.2 Å². The van der Waals surface area contributed by atoms with Gasteiger partial charge in [0.15, 0.2) is 11.5 Å². The Labute approximate surface area is 161 Å². The van der Waals surface area contributed by atoms with Crippen LogP contribution in [0.4, 0.5) is 11.4 Å². The van der Waals surface area contributed by atoms with Gasteiger partial charge < -0.3 is 14.2 Å². The average molecular weight is 374 g/mol. The molecule has 3 aromatic rings. The van der Waals surface area contributed by atoms with Crippen LogP contribution in [0.1, 0.15) is 41.6 Å². The van der Waals surface area contributed by atoms with Crippen LogP contribution < -0.4 is 10.2 Å². The number of allylic oxidation sites excluding steroid dienone is 1. The van der Waals surface area contributed by atoms with E-state index in [0.29, 0.717) is 23.4 Å². The summed E-state index contributed by atoms with van der Waals surface area (Å²) in [6.45, 7) is 0. The molecule has 1 aromatic carbocycles. The number of para-hydroxylation sites is 2. The lowest BCUT2D eigenvalue weighted by atomic mass is 9.88. The Balaban J connectivity index is 1.78. The molecular formula is C22H18N2O4. The monoisotopic (exact) mass is 374 g/mol. The fourth-order valence-corrected chi connectivity index (χ4v) is 3.99. The number of fused-ring (bicyclic) bond motifs is 1. The van der Waals surface area contributed by atoms with Crippen molar-refractivity contribution in [2.45, 2.75) is 25.3 Å². The number of rotatable bonds is 2. The number of nitrogens with zero attached hydrogens (tertiary/aromatic N) is 1. The first-order valence-corrected chi connectivity index (χ1v) is 9.27. The molecule has 6 heteroatoms. The number of hydrogen-bond donors (Lipinski definition) is 1. The maximum absolute atomic E-state index is 13.5. The number of amides is 1. The largest absolute Gasteiger partial charge is 0.467 e. The quantitative estimate of drug-likeness (QED) is 0.704. The average Bonchev–Trinajstić information content (AvgIpc) is 3.39. The minimum Gasteiger partial charge on any atom is -0.467 e. The highest BCUT2D eigenvalue weighted by molar-refractivity contribution is 6.10. The van der Waals surface area contributed by atoms with Gasteiger partial charge in [-0.25, -0.2) is 0 Å². The summed E-state index contributed by atoms with van der Waals surface area (Å²) in [6, 6.07) is 13.7. The van der Waals surface area contributed by atoms with E-state index in [4.69, 9.17) is 8.83 Å². The highest BCUT2D eigenvalue weighted by Gasteiger charge is 2.41. The molecule has 5 rings (SSSR count). The lowest BCUT2D eigenvalue weighted by molar-refractivity contribution is -0.116. The molecule has 2 aliphatic rings. The van der Waals surface area contributed by atoms with Crippen LogP contribution in [0.2, 0.25) is 0 Å². The van der Waals surface area contributed by atoms with Crippen LogP contribution in [-0.4, -0.2) is 11.7 Å². The summed E-state index contributed by atoms with van der Waals surface area (Å²) in [5.74, 6) is 0.452. The molecule has 0 spiro atoms. The highest BCUT2D eigenvalue weighted by atomic mass is 16.3. The van der Waals surface area contributed by atoms with Gasteiger partial charge in [0, 0.05) is 17.7 Å². The Morgan fingerprint density at radius 1 is 1.00 bits per heavy atom. The number of Topliss-reactive ketones (excluding diaryl/α,β-unsaturated/α-hetero) is 1. The zero-order valence-corrected chi connectivity index (χ0v) is 15.1. The fraction of sp³-hybridized carbons (Fsp3) is 0.182. The Bertz CT molecular complexity index is 1060. The molecule has 1 N–H and O–H groups in total. The molecule has 2 aromatic heterocycles. The molecule has 0 unspecified atom stereocenters. The van der Waals surface area contributed by atoms with Crippen LogP contribution >= 0.6 is 0 Å². The van der Waals surface area contributed by atoms with Crippen molar-refractivity contribution in [2.24, 2.45) is 0 Å². The molecule has 3 heterocycles. The van der Waals surface area contributed by atoms with Crippen molar-refractivity contribution in [2.75, 3.05) is 10.2 Å². The van der Waals surface area contributed by atoms with Gasteiger partial charge in [0.25, 0.3) is 5.91 Å². The molecule has 1 atom stereocenters. The minimum absolute atomic E-state index is 0.0280. The zero-order chi connectivity index (χ0) is 19.1. The first-order chi connectivity index (χ1) is 13.7. The second kappa shape index (κ2) is 6.56. The maximum atomic E-state index is 13.5. The third-order valence-electron chi connectivity index (χ3n) is 5.20. The van der Waals surface area contributed by atoms with Crippen molar-refractivity contribution in [3.8, 4) is 0 Å². The van der Waals surface area contributed by atoms with E-state index in [2.05, 4.69) is 5.32 Å². The summed E-state index contributed by atoms with van der Waals surface area (Å²) < 4.78 is 11.1. The van der Waals surface area contributed by atoms with Crippen molar-refractivity contribution in [3.05, 3.63) is 83.8 Å². The van der Waals surface area contributed by atoms with Gasteiger partial charge in [-0.3, -0.25) is 14.5 Å². The number of carbonyl (C=O) groups excluding carboxylic acids is 2. The predicted molar refractivity (Wildman–Crippen MR) is 103 cm³/mol. The van der Waals surface area contributed by atoms with Crippen LogP contribution in [0.25, 0.3) is 0 Å². The second-order valence-corrected chi connectivity index (χ2v) is 6.88. The lowest BCUT2D eigenvalue weighted by Crippen LogP contribution is -2.37. The first kappa shape index (κ1) is 16.6. The van der Waals surface area contributed by atoms with Crippen molar-refractivity contribution in [1.29, 1.82) is 0 Å². The molecule has 140 valence electrons. The Kier molecular flexibility index (Phi) is 3.90. The van der Waals surface area contributed by atoms with Crippen molar-refractivity contribution in [1.82, 2.24) is 0 Å². The summed E-state index contributed by atoms with van der Waals surface area (Å²) in [6.07, 6.45) is 5.01. The highest BCUT2D eigenvalue weighted by Crippen LogP contribution is 2.45. The number of ketones is 1. The third-order valence-corrected chi connectivity index (χ3v) is 5.20. The Morgan fingerprint density at radius 3 is 2.61 bits per heavy atom. The molecule has 0 saturated heterocycles. The molecule has 28 heavy (non-hydrogen) atoms. The molecule has 0 saturated carbocycles. The van der Waals surface area contributed by atoms with Crippen LogP contribution in [-0.2, 0) is 4.79 Å². The number of nitrogens with one attached hydrogen (secondary N) is 1. The Hall–Kier alpha value is -3.54. The van der Waals surface area contributed by atoms with Crippen LogP contribution in [0.3, 0.4) is 0 Å². The van der Waals surface area contributed by atoms with Gasteiger partial charge >= 0.3 is 0 Å². The SMILES string of the molecule is O=C1CCCC2=C1[C@H](c1ccco1)N(C(=O)c1ccco1)c1ccccc1N2. The topological polar surface area (TPSA) is 75.7 Å². The lowest BCUT2D eigenvalue weighted by Gasteiger charge is -2.31. The van der Waals surface area contributed by atoms with E-state index in [9.17, 15) is 9.59 Å². The smallest absolute Gasteiger partial charge is 0.294 e. The van der Waals surface area contributed by atoms with Gasteiger partial charge in [0.05, 0.1) is 23.9 Å². The van der Waals surface area contributed by atoms with Crippen LogP contribution in [0, 0.1) is 0 Å². The van der Waals surface area contributed by atoms with Crippen molar-refractivity contribution >= 4 is 23.1 Å². The molecule has 1 amide bonds.